The van der Waals surface area contributed by atoms with E-state index in [2.05, 4.69) is 24.0 Å². The van der Waals surface area contributed by atoms with Crippen LogP contribution in [0.15, 0.2) is 12.2 Å². The van der Waals surface area contributed by atoms with Gasteiger partial charge in [-0.05, 0) is 38.1 Å². The van der Waals surface area contributed by atoms with E-state index in [0.29, 0.717) is 6.04 Å². The number of nitrogens with two attached hydrogens (primary N) is 1. The van der Waals surface area contributed by atoms with Gasteiger partial charge in [0.15, 0.2) is 0 Å². The lowest BCUT2D eigenvalue weighted by Gasteiger charge is -2.26. The quantitative estimate of drug-likeness (QED) is 0.694. The molecule has 0 amide bonds. The van der Waals surface area contributed by atoms with Crippen LogP contribution in [0.4, 0.5) is 0 Å². The topological polar surface area (TPSA) is 29.3 Å². The van der Waals surface area contributed by atoms with Crippen molar-refractivity contribution in [3.8, 4) is 0 Å². The normalized spacial score (nSPS) is 38.3. The molecule has 1 fully saturated rings. The Balaban J connectivity index is 1.82. The fourth-order valence-corrected chi connectivity index (χ4v) is 2.84. The van der Waals surface area contributed by atoms with Crippen LogP contribution in [0, 0.1) is 5.92 Å². The Bertz CT molecular complexity index is 212. The minimum atomic E-state index is 0.322. The largest absolute Gasteiger partial charge is 0.324 e. The third kappa shape index (κ3) is 2.18. The predicted octanol–water partition coefficient (Wildman–Crippen LogP) is 1.76. The van der Waals surface area contributed by atoms with Gasteiger partial charge in [0.2, 0.25) is 0 Å². The average Bonchev–Trinajstić information content (AvgIpc) is 2.76. The van der Waals surface area contributed by atoms with E-state index in [1.54, 1.807) is 0 Å². The molecular weight excluding hydrogens is 172 g/mol. The first-order chi connectivity index (χ1) is 6.79. The molecule has 2 rings (SSSR count). The minimum Gasteiger partial charge on any atom is -0.324 e. The maximum Gasteiger partial charge on any atom is 0.0229 e. The zero-order valence-corrected chi connectivity index (χ0v) is 9.15. The molecule has 0 aromatic rings. The molecule has 0 bridgehead atoms. The summed E-state index contributed by atoms with van der Waals surface area (Å²) >= 11 is 0. The molecule has 0 spiro atoms. The van der Waals surface area contributed by atoms with E-state index in [1.807, 2.05) is 0 Å². The van der Waals surface area contributed by atoms with Gasteiger partial charge in [0.1, 0.15) is 0 Å². The molecule has 0 saturated carbocycles. The zero-order valence-electron chi connectivity index (χ0n) is 9.15. The second kappa shape index (κ2) is 4.45. The number of hydrogen-bond donors (Lipinski definition) is 1. The van der Waals surface area contributed by atoms with Gasteiger partial charge in [-0.1, -0.05) is 19.1 Å². The number of hydrogen-bond acceptors (Lipinski definition) is 2. The standard InChI is InChI=1S/C12H22N2/c1-2-12-4-3-7-14(12)9-10-5-6-11(13)8-10/h5-6,10-12H,2-4,7-9,13H2,1H3. The Labute approximate surface area is 87.2 Å². The molecule has 0 aromatic carbocycles. The van der Waals surface area contributed by atoms with Gasteiger partial charge in [0, 0.05) is 18.6 Å². The average molecular weight is 194 g/mol. The van der Waals surface area contributed by atoms with Crippen LogP contribution in [0.3, 0.4) is 0 Å². The van der Waals surface area contributed by atoms with Gasteiger partial charge in [-0.25, -0.2) is 0 Å². The molecule has 2 N–H and O–H groups in total. The van der Waals surface area contributed by atoms with Crippen LogP contribution < -0.4 is 5.73 Å². The monoisotopic (exact) mass is 194 g/mol. The van der Waals surface area contributed by atoms with Crippen LogP contribution in [-0.4, -0.2) is 30.1 Å². The third-order valence-corrected chi connectivity index (χ3v) is 3.64. The van der Waals surface area contributed by atoms with Crippen LogP contribution in [0.25, 0.3) is 0 Å². The lowest BCUT2D eigenvalue weighted by atomic mass is 10.1. The second-order valence-electron chi connectivity index (χ2n) is 4.74. The first-order valence-corrected chi connectivity index (χ1v) is 5.97. The maximum absolute atomic E-state index is 5.86. The summed E-state index contributed by atoms with van der Waals surface area (Å²) in [5.41, 5.74) is 5.86. The van der Waals surface area contributed by atoms with Crippen LogP contribution in [0.2, 0.25) is 0 Å². The van der Waals surface area contributed by atoms with Crippen molar-refractivity contribution < 1.29 is 0 Å². The smallest absolute Gasteiger partial charge is 0.0229 e. The zero-order chi connectivity index (χ0) is 9.97. The Morgan fingerprint density at radius 1 is 1.43 bits per heavy atom. The SMILES string of the molecule is CCC1CCCN1CC1C=CC(N)C1. The summed E-state index contributed by atoms with van der Waals surface area (Å²) in [7, 11) is 0. The molecule has 0 radical (unpaired) electrons. The van der Waals surface area contributed by atoms with E-state index in [1.165, 1.54) is 32.4 Å². The molecule has 1 aliphatic carbocycles. The van der Waals surface area contributed by atoms with Crippen molar-refractivity contribution in [2.45, 2.75) is 44.7 Å². The molecule has 0 aromatic heterocycles. The highest BCUT2D eigenvalue weighted by atomic mass is 15.2. The molecule has 1 saturated heterocycles. The second-order valence-corrected chi connectivity index (χ2v) is 4.74. The van der Waals surface area contributed by atoms with Crippen molar-refractivity contribution in [1.29, 1.82) is 0 Å². The molecular formula is C12H22N2. The first-order valence-electron chi connectivity index (χ1n) is 5.97. The molecule has 1 heterocycles. The van der Waals surface area contributed by atoms with Gasteiger partial charge >= 0.3 is 0 Å². The van der Waals surface area contributed by atoms with Crippen molar-refractivity contribution in [2.75, 3.05) is 13.1 Å². The first kappa shape index (κ1) is 10.2. The third-order valence-electron chi connectivity index (χ3n) is 3.64. The van der Waals surface area contributed by atoms with Crippen LogP contribution in [-0.2, 0) is 0 Å². The number of rotatable bonds is 3. The molecule has 14 heavy (non-hydrogen) atoms. The van der Waals surface area contributed by atoms with E-state index in [0.717, 1.165) is 18.4 Å². The lowest BCUT2D eigenvalue weighted by Crippen LogP contribution is -2.33. The van der Waals surface area contributed by atoms with Gasteiger partial charge in [-0.15, -0.1) is 0 Å². The van der Waals surface area contributed by atoms with E-state index in [9.17, 15) is 0 Å². The van der Waals surface area contributed by atoms with E-state index in [4.69, 9.17) is 5.73 Å². The van der Waals surface area contributed by atoms with Gasteiger partial charge in [-0.3, -0.25) is 4.90 Å². The Morgan fingerprint density at radius 3 is 2.93 bits per heavy atom. The molecule has 3 unspecified atom stereocenters. The Kier molecular flexibility index (Phi) is 3.24. The fourth-order valence-electron chi connectivity index (χ4n) is 2.84. The van der Waals surface area contributed by atoms with Crippen molar-refractivity contribution in [2.24, 2.45) is 11.7 Å². The predicted molar refractivity (Wildman–Crippen MR) is 60.1 cm³/mol. The van der Waals surface area contributed by atoms with E-state index < -0.39 is 0 Å². The van der Waals surface area contributed by atoms with E-state index in [-0.39, 0.29) is 0 Å². The number of nitrogens with zero attached hydrogens (tertiary/aromatic N) is 1. The highest BCUT2D eigenvalue weighted by Gasteiger charge is 2.26. The number of likely N-dealkylation sites (tertiary alicyclic amines) is 1. The molecule has 80 valence electrons. The Morgan fingerprint density at radius 2 is 2.29 bits per heavy atom. The van der Waals surface area contributed by atoms with Crippen LogP contribution in [0.5, 0.6) is 0 Å². The summed E-state index contributed by atoms with van der Waals surface area (Å²) in [6.07, 6.45) is 9.74. The lowest BCUT2D eigenvalue weighted by molar-refractivity contribution is 0.223. The maximum atomic E-state index is 5.86. The summed E-state index contributed by atoms with van der Waals surface area (Å²) < 4.78 is 0. The van der Waals surface area contributed by atoms with Gasteiger partial charge in [0.05, 0.1) is 0 Å². The summed E-state index contributed by atoms with van der Waals surface area (Å²) in [5.74, 6) is 0.720. The van der Waals surface area contributed by atoms with E-state index >= 15 is 0 Å². The summed E-state index contributed by atoms with van der Waals surface area (Å²) in [4.78, 5) is 2.66. The minimum absolute atomic E-state index is 0.322. The van der Waals surface area contributed by atoms with Crippen LogP contribution in [0.1, 0.15) is 32.6 Å². The highest BCUT2D eigenvalue weighted by Crippen LogP contribution is 2.24. The summed E-state index contributed by atoms with van der Waals surface area (Å²) in [6.45, 7) is 4.85. The molecule has 3 atom stereocenters. The van der Waals surface area contributed by atoms with Crippen LogP contribution >= 0.6 is 0 Å². The summed E-state index contributed by atoms with van der Waals surface area (Å²) in [6, 6.07) is 1.17. The van der Waals surface area contributed by atoms with Crippen molar-refractivity contribution in [1.82, 2.24) is 4.90 Å². The molecule has 2 nitrogen and oxygen atoms in total. The van der Waals surface area contributed by atoms with Crippen molar-refractivity contribution in [3.63, 3.8) is 0 Å². The highest BCUT2D eigenvalue weighted by molar-refractivity contribution is 5.05. The Hall–Kier alpha value is -0.340. The summed E-state index contributed by atoms with van der Waals surface area (Å²) in [5, 5.41) is 0. The molecule has 2 aliphatic rings. The van der Waals surface area contributed by atoms with Gasteiger partial charge < -0.3 is 5.73 Å². The molecule has 1 aliphatic heterocycles. The van der Waals surface area contributed by atoms with Gasteiger partial charge in [-0.2, -0.15) is 0 Å². The molecule has 2 heteroatoms. The van der Waals surface area contributed by atoms with Crippen molar-refractivity contribution >= 4 is 0 Å². The fraction of sp³-hybridized carbons (Fsp3) is 0.833. The van der Waals surface area contributed by atoms with Crippen molar-refractivity contribution in [3.05, 3.63) is 12.2 Å². The van der Waals surface area contributed by atoms with Gasteiger partial charge in [0.25, 0.3) is 0 Å².